The highest BCUT2D eigenvalue weighted by molar-refractivity contribution is 5.34. The average Bonchev–Trinajstić information content (AvgIpc) is 3.02. The van der Waals surface area contributed by atoms with Gasteiger partial charge in [-0.1, -0.05) is 26.0 Å². The van der Waals surface area contributed by atoms with Crippen molar-refractivity contribution in [1.82, 2.24) is 9.78 Å². The first-order chi connectivity index (χ1) is 10.8. The van der Waals surface area contributed by atoms with Crippen molar-refractivity contribution in [3.05, 3.63) is 46.8 Å². The topological polar surface area (TPSA) is 27.1 Å². The Hall–Kier alpha value is -1.98. The lowest BCUT2D eigenvalue weighted by atomic mass is 10.1. The lowest BCUT2D eigenvalue weighted by molar-refractivity contribution is -0.274. The maximum atomic E-state index is 12.2. The molecule has 0 aliphatic heterocycles. The molecule has 1 aliphatic rings. The summed E-state index contributed by atoms with van der Waals surface area (Å²) < 4.78 is 42.4. The van der Waals surface area contributed by atoms with Gasteiger partial charge in [0.15, 0.2) is 0 Å². The Bertz CT molecular complexity index is 687. The van der Waals surface area contributed by atoms with Gasteiger partial charge < -0.3 is 4.74 Å². The summed E-state index contributed by atoms with van der Waals surface area (Å²) >= 11 is 0. The zero-order valence-corrected chi connectivity index (χ0v) is 13.2. The lowest BCUT2D eigenvalue weighted by Crippen LogP contribution is -2.17. The number of alkyl halides is 3. The first-order valence-electron chi connectivity index (χ1n) is 7.76. The number of nitrogens with zero attached hydrogens (tertiary/aromatic N) is 2. The summed E-state index contributed by atoms with van der Waals surface area (Å²) in [7, 11) is 0. The van der Waals surface area contributed by atoms with Crippen LogP contribution in [0, 0.1) is 0 Å². The average molecular weight is 324 g/mol. The van der Waals surface area contributed by atoms with Crippen LogP contribution < -0.4 is 4.74 Å². The second kappa shape index (κ2) is 5.91. The molecule has 1 heterocycles. The molecule has 2 aromatic rings. The van der Waals surface area contributed by atoms with Crippen molar-refractivity contribution in [2.24, 2.45) is 0 Å². The monoisotopic (exact) mass is 324 g/mol. The third-order valence-electron chi connectivity index (χ3n) is 4.07. The fourth-order valence-electron chi connectivity index (χ4n) is 3.10. The van der Waals surface area contributed by atoms with Crippen LogP contribution in [-0.2, 0) is 19.4 Å². The Kier molecular flexibility index (Phi) is 4.08. The molecule has 124 valence electrons. The largest absolute Gasteiger partial charge is 0.573 e. The van der Waals surface area contributed by atoms with Gasteiger partial charge in [0.1, 0.15) is 5.75 Å². The minimum Gasteiger partial charge on any atom is -0.406 e. The molecule has 1 aliphatic carbocycles. The first kappa shape index (κ1) is 15.9. The van der Waals surface area contributed by atoms with Crippen molar-refractivity contribution >= 4 is 0 Å². The molecular weight excluding hydrogens is 305 g/mol. The molecule has 0 unspecified atom stereocenters. The summed E-state index contributed by atoms with van der Waals surface area (Å²) in [5, 5.41) is 4.71. The molecule has 6 heteroatoms. The molecule has 0 radical (unpaired) electrons. The molecule has 1 aromatic heterocycles. The zero-order chi connectivity index (χ0) is 16.6. The molecule has 1 aromatic carbocycles. The van der Waals surface area contributed by atoms with Crippen molar-refractivity contribution in [2.75, 3.05) is 0 Å². The van der Waals surface area contributed by atoms with Crippen LogP contribution in [0.15, 0.2) is 24.3 Å². The smallest absolute Gasteiger partial charge is 0.406 e. The zero-order valence-electron chi connectivity index (χ0n) is 13.2. The van der Waals surface area contributed by atoms with Gasteiger partial charge >= 0.3 is 6.36 Å². The van der Waals surface area contributed by atoms with Gasteiger partial charge in [0.2, 0.25) is 0 Å². The van der Waals surface area contributed by atoms with Gasteiger partial charge in [0.05, 0.1) is 12.2 Å². The summed E-state index contributed by atoms with van der Waals surface area (Å²) in [6.07, 6.45) is -1.42. The van der Waals surface area contributed by atoms with Crippen LogP contribution in [-0.4, -0.2) is 16.1 Å². The molecule has 0 spiro atoms. The molecule has 3 nitrogen and oxygen atoms in total. The van der Waals surface area contributed by atoms with E-state index in [1.165, 1.54) is 23.4 Å². The standard InChI is InChI=1S/C17H19F3N2O/c1-11(2)16-14-4-3-5-15(14)22(21-16)10-12-6-8-13(9-7-12)23-17(18,19)20/h6-9,11H,3-5,10H2,1-2H3. The third-order valence-corrected chi connectivity index (χ3v) is 4.07. The Labute approximate surface area is 133 Å². The van der Waals surface area contributed by atoms with E-state index in [4.69, 9.17) is 5.10 Å². The van der Waals surface area contributed by atoms with Gasteiger partial charge in [-0.3, -0.25) is 4.68 Å². The number of fused-ring (bicyclic) bond motifs is 1. The van der Waals surface area contributed by atoms with Gasteiger partial charge in [-0.2, -0.15) is 5.10 Å². The highest BCUT2D eigenvalue weighted by atomic mass is 19.4. The summed E-state index contributed by atoms with van der Waals surface area (Å²) in [4.78, 5) is 0. The number of benzene rings is 1. The number of rotatable bonds is 4. The molecule has 0 N–H and O–H groups in total. The van der Waals surface area contributed by atoms with Gasteiger partial charge in [0, 0.05) is 5.69 Å². The summed E-state index contributed by atoms with van der Waals surface area (Å²) in [6, 6.07) is 5.99. The van der Waals surface area contributed by atoms with Crippen LogP contribution >= 0.6 is 0 Å². The van der Waals surface area contributed by atoms with E-state index in [0.717, 1.165) is 30.5 Å². The molecule has 0 fully saturated rings. The van der Waals surface area contributed by atoms with Crippen LogP contribution in [0.2, 0.25) is 0 Å². The predicted octanol–water partition coefficient (Wildman–Crippen LogP) is 4.44. The molecule has 0 bridgehead atoms. The quantitative estimate of drug-likeness (QED) is 0.831. The van der Waals surface area contributed by atoms with Gasteiger partial charge in [0.25, 0.3) is 0 Å². The van der Waals surface area contributed by atoms with E-state index in [1.807, 2.05) is 4.68 Å². The van der Waals surface area contributed by atoms with E-state index in [2.05, 4.69) is 18.6 Å². The Morgan fingerprint density at radius 2 is 1.87 bits per heavy atom. The van der Waals surface area contributed by atoms with Crippen molar-refractivity contribution < 1.29 is 17.9 Å². The summed E-state index contributed by atoms with van der Waals surface area (Å²) in [5.74, 6) is 0.181. The van der Waals surface area contributed by atoms with E-state index >= 15 is 0 Å². The van der Waals surface area contributed by atoms with Crippen molar-refractivity contribution in [3.63, 3.8) is 0 Å². The number of hydrogen-bond donors (Lipinski definition) is 0. The minimum absolute atomic E-state index is 0.199. The van der Waals surface area contributed by atoms with Gasteiger partial charge in [-0.05, 0) is 48.4 Å². The predicted molar refractivity (Wildman–Crippen MR) is 80.6 cm³/mol. The van der Waals surface area contributed by atoms with Crippen LogP contribution in [0.4, 0.5) is 13.2 Å². The highest BCUT2D eigenvalue weighted by Crippen LogP contribution is 2.30. The Morgan fingerprint density at radius 1 is 1.17 bits per heavy atom. The fraction of sp³-hybridized carbons (Fsp3) is 0.471. The van der Waals surface area contributed by atoms with Crippen molar-refractivity contribution in [2.45, 2.75) is 51.9 Å². The summed E-state index contributed by atoms with van der Waals surface area (Å²) in [5.41, 5.74) is 4.68. The van der Waals surface area contributed by atoms with Gasteiger partial charge in [-0.25, -0.2) is 0 Å². The SMILES string of the molecule is CC(C)c1nn(Cc2ccc(OC(F)(F)F)cc2)c2c1CCC2. The van der Waals surface area contributed by atoms with Crippen molar-refractivity contribution in [1.29, 1.82) is 0 Å². The maximum absolute atomic E-state index is 12.2. The first-order valence-corrected chi connectivity index (χ1v) is 7.76. The Morgan fingerprint density at radius 3 is 2.48 bits per heavy atom. The van der Waals surface area contributed by atoms with E-state index in [1.54, 1.807) is 12.1 Å². The van der Waals surface area contributed by atoms with E-state index in [0.29, 0.717) is 12.5 Å². The number of aromatic nitrogens is 2. The second-order valence-electron chi connectivity index (χ2n) is 6.17. The van der Waals surface area contributed by atoms with Crippen LogP contribution in [0.25, 0.3) is 0 Å². The van der Waals surface area contributed by atoms with Crippen molar-refractivity contribution in [3.8, 4) is 5.75 Å². The lowest BCUT2D eigenvalue weighted by Gasteiger charge is -2.10. The molecule has 0 atom stereocenters. The molecule has 0 saturated carbocycles. The molecular formula is C17H19F3N2O. The number of ether oxygens (including phenoxy) is 1. The summed E-state index contributed by atoms with van der Waals surface area (Å²) in [6.45, 7) is 4.84. The van der Waals surface area contributed by atoms with Gasteiger partial charge in [-0.15, -0.1) is 13.2 Å². The normalized spacial score (nSPS) is 14.3. The Balaban J connectivity index is 1.79. The second-order valence-corrected chi connectivity index (χ2v) is 6.17. The third kappa shape index (κ3) is 3.51. The fourth-order valence-corrected chi connectivity index (χ4v) is 3.10. The minimum atomic E-state index is -4.66. The van der Waals surface area contributed by atoms with E-state index in [9.17, 15) is 13.2 Å². The molecule has 23 heavy (non-hydrogen) atoms. The van der Waals surface area contributed by atoms with E-state index < -0.39 is 6.36 Å². The maximum Gasteiger partial charge on any atom is 0.573 e. The molecule has 0 saturated heterocycles. The number of halogens is 3. The molecule has 0 amide bonds. The van der Waals surface area contributed by atoms with Crippen LogP contribution in [0.5, 0.6) is 5.75 Å². The highest BCUT2D eigenvalue weighted by Gasteiger charge is 2.31. The van der Waals surface area contributed by atoms with Crippen LogP contribution in [0.3, 0.4) is 0 Å². The molecule has 3 rings (SSSR count). The number of hydrogen-bond acceptors (Lipinski definition) is 2. The van der Waals surface area contributed by atoms with E-state index in [-0.39, 0.29) is 5.75 Å². The van der Waals surface area contributed by atoms with Crippen LogP contribution in [0.1, 0.15) is 48.7 Å².